The third-order valence-electron chi connectivity index (χ3n) is 4.17. The van der Waals surface area contributed by atoms with Gasteiger partial charge in [-0.05, 0) is 80.4 Å². The van der Waals surface area contributed by atoms with Crippen LogP contribution >= 0.6 is 0 Å². The molecular weight excluding hydrogens is 366 g/mol. The number of aromatic nitrogens is 1. The Morgan fingerprint density at radius 1 is 0.897 bits per heavy atom. The van der Waals surface area contributed by atoms with Gasteiger partial charge < -0.3 is 15.4 Å². The number of carbonyl (C=O) groups excluding carboxylic acids is 2. The van der Waals surface area contributed by atoms with Gasteiger partial charge in [0, 0.05) is 17.6 Å². The molecule has 1 heterocycles. The molecule has 0 fully saturated rings. The maximum atomic E-state index is 12.4. The Morgan fingerprint density at radius 3 is 2.14 bits per heavy atom. The van der Waals surface area contributed by atoms with E-state index < -0.39 is 0 Å². The van der Waals surface area contributed by atoms with E-state index in [9.17, 15) is 9.59 Å². The Morgan fingerprint density at radius 2 is 1.55 bits per heavy atom. The van der Waals surface area contributed by atoms with E-state index in [1.54, 1.807) is 43.3 Å². The van der Waals surface area contributed by atoms with Gasteiger partial charge in [0.1, 0.15) is 5.82 Å². The van der Waals surface area contributed by atoms with Crippen molar-refractivity contribution in [1.82, 2.24) is 4.98 Å². The monoisotopic (exact) mass is 389 g/mol. The van der Waals surface area contributed by atoms with Crippen molar-refractivity contribution >= 4 is 29.1 Å². The van der Waals surface area contributed by atoms with Crippen LogP contribution in [0.2, 0.25) is 0 Å². The number of benzene rings is 2. The first-order chi connectivity index (χ1) is 13.9. The Bertz CT molecular complexity index is 992. The molecule has 0 radical (unpaired) electrons. The fourth-order valence-corrected chi connectivity index (χ4v) is 2.90. The van der Waals surface area contributed by atoms with Crippen LogP contribution in [0.1, 0.15) is 38.8 Å². The summed E-state index contributed by atoms with van der Waals surface area (Å²) in [6.45, 7) is 6.15. The second-order valence-electron chi connectivity index (χ2n) is 6.69. The molecule has 0 spiro atoms. The van der Waals surface area contributed by atoms with Gasteiger partial charge in [0.15, 0.2) is 0 Å². The number of esters is 1. The van der Waals surface area contributed by atoms with Crippen LogP contribution in [-0.4, -0.2) is 23.5 Å². The third kappa shape index (κ3) is 5.42. The van der Waals surface area contributed by atoms with E-state index in [0.29, 0.717) is 29.2 Å². The van der Waals surface area contributed by atoms with Gasteiger partial charge in [0.25, 0.3) is 5.91 Å². The van der Waals surface area contributed by atoms with Crippen molar-refractivity contribution in [2.75, 3.05) is 17.2 Å². The summed E-state index contributed by atoms with van der Waals surface area (Å²) >= 11 is 0. The number of nitrogens with zero attached hydrogens (tertiary/aromatic N) is 1. The quantitative estimate of drug-likeness (QED) is 0.588. The number of ether oxygens (including phenoxy) is 1. The smallest absolute Gasteiger partial charge is 0.338 e. The van der Waals surface area contributed by atoms with Crippen molar-refractivity contribution in [1.29, 1.82) is 0 Å². The van der Waals surface area contributed by atoms with E-state index >= 15 is 0 Å². The number of nitrogens with one attached hydrogen (secondary N) is 2. The first-order valence-electron chi connectivity index (χ1n) is 9.34. The number of hydrogen-bond acceptors (Lipinski definition) is 5. The number of hydrogen-bond donors (Lipinski definition) is 2. The Kier molecular flexibility index (Phi) is 6.24. The van der Waals surface area contributed by atoms with Crippen LogP contribution in [0.15, 0.2) is 60.8 Å². The Labute approximate surface area is 169 Å². The zero-order valence-electron chi connectivity index (χ0n) is 16.7. The Balaban J connectivity index is 1.63. The van der Waals surface area contributed by atoms with Crippen LogP contribution < -0.4 is 10.6 Å². The zero-order chi connectivity index (χ0) is 20.8. The molecule has 148 valence electrons. The normalized spacial score (nSPS) is 10.3. The van der Waals surface area contributed by atoms with E-state index in [1.807, 2.05) is 26.0 Å². The topological polar surface area (TPSA) is 80.3 Å². The second kappa shape index (κ2) is 9.01. The van der Waals surface area contributed by atoms with Gasteiger partial charge in [-0.2, -0.15) is 0 Å². The molecule has 0 unspecified atom stereocenters. The second-order valence-corrected chi connectivity index (χ2v) is 6.69. The minimum atomic E-state index is -0.388. The summed E-state index contributed by atoms with van der Waals surface area (Å²) in [5.41, 5.74) is 4.74. The van der Waals surface area contributed by atoms with Gasteiger partial charge in [-0.3, -0.25) is 4.79 Å². The highest BCUT2D eigenvalue weighted by Crippen LogP contribution is 2.19. The molecule has 6 heteroatoms. The van der Waals surface area contributed by atoms with E-state index in [0.717, 1.165) is 16.8 Å². The highest BCUT2D eigenvalue weighted by atomic mass is 16.5. The van der Waals surface area contributed by atoms with Gasteiger partial charge in [-0.1, -0.05) is 6.07 Å². The van der Waals surface area contributed by atoms with Crippen molar-refractivity contribution in [3.05, 3.63) is 83.0 Å². The van der Waals surface area contributed by atoms with Crippen molar-refractivity contribution in [3.8, 4) is 0 Å². The molecule has 1 amide bonds. The zero-order valence-corrected chi connectivity index (χ0v) is 16.7. The molecule has 0 bridgehead atoms. The lowest BCUT2D eigenvalue weighted by Crippen LogP contribution is -2.12. The lowest BCUT2D eigenvalue weighted by molar-refractivity contribution is 0.0526. The minimum Gasteiger partial charge on any atom is -0.462 e. The maximum Gasteiger partial charge on any atom is 0.338 e. The highest BCUT2D eigenvalue weighted by Gasteiger charge is 2.09. The molecule has 2 N–H and O–H groups in total. The molecule has 29 heavy (non-hydrogen) atoms. The molecule has 0 aliphatic carbocycles. The highest BCUT2D eigenvalue weighted by molar-refractivity contribution is 6.04. The lowest BCUT2D eigenvalue weighted by atomic mass is 10.1. The number of aryl methyl sites for hydroxylation is 2. The summed E-state index contributed by atoms with van der Waals surface area (Å²) in [6.07, 6.45) is 1.52. The number of rotatable bonds is 6. The molecule has 6 nitrogen and oxygen atoms in total. The fourth-order valence-electron chi connectivity index (χ4n) is 2.90. The van der Waals surface area contributed by atoms with Crippen LogP contribution in [0.5, 0.6) is 0 Å². The number of amides is 1. The maximum absolute atomic E-state index is 12.4. The minimum absolute atomic E-state index is 0.278. The van der Waals surface area contributed by atoms with Gasteiger partial charge in [-0.25, -0.2) is 9.78 Å². The summed E-state index contributed by atoms with van der Waals surface area (Å²) in [5, 5.41) is 6.03. The van der Waals surface area contributed by atoms with Crippen LogP contribution in [-0.2, 0) is 4.74 Å². The van der Waals surface area contributed by atoms with Crippen molar-refractivity contribution < 1.29 is 14.3 Å². The lowest BCUT2D eigenvalue weighted by Gasteiger charge is -2.09. The average Bonchev–Trinajstić information content (AvgIpc) is 2.68. The summed E-state index contributed by atoms with van der Waals surface area (Å²) in [6, 6.07) is 16.2. The van der Waals surface area contributed by atoms with E-state index in [4.69, 9.17) is 4.74 Å². The van der Waals surface area contributed by atoms with Crippen LogP contribution in [0.25, 0.3) is 0 Å². The van der Waals surface area contributed by atoms with E-state index in [-0.39, 0.29) is 11.9 Å². The number of anilines is 3. The fraction of sp³-hybridized carbons (Fsp3) is 0.174. The van der Waals surface area contributed by atoms with Crippen molar-refractivity contribution in [2.45, 2.75) is 20.8 Å². The largest absolute Gasteiger partial charge is 0.462 e. The molecule has 3 aromatic rings. The molecule has 0 aliphatic heterocycles. The average molecular weight is 389 g/mol. The molecule has 3 rings (SSSR count). The van der Waals surface area contributed by atoms with Gasteiger partial charge >= 0.3 is 5.97 Å². The summed E-state index contributed by atoms with van der Waals surface area (Å²) < 4.78 is 4.94. The van der Waals surface area contributed by atoms with E-state index in [2.05, 4.69) is 21.7 Å². The van der Waals surface area contributed by atoms with Crippen LogP contribution in [0.4, 0.5) is 17.2 Å². The Hall–Kier alpha value is -3.67. The molecule has 1 aromatic heterocycles. The van der Waals surface area contributed by atoms with Crippen LogP contribution in [0.3, 0.4) is 0 Å². The molecular formula is C23H23N3O3. The molecule has 0 saturated carbocycles. The third-order valence-corrected chi connectivity index (χ3v) is 4.17. The first kappa shape index (κ1) is 20.1. The predicted octanol–water partition coefficient (Wildman–Crippen LogP) is 4.87. The van der Waals surface area contributed by atoms with Gasteiger partial charge in [0.2, 0.25) is 0 Å². The molecule has 0 aliphatic rings. The molecule has 0 atom stereocenters. The van der Waals surface area contributed by atoms with Crippen LogP contribution in [0, 0.1) is 13.8 Å². The predicted molar refractivity (Wildman–Crippen MR) is 114 cm³/mol. The van der Waals surface area contributed by atoms with Gasteiger partial charge in [0.05, 0.1) is 17.7 Å². The van der Waals surface area contributed by atoms with Crippen molar-refractivity contribution in [2.24, 2.45) is 0 Å². The van der Waals surface area contributed by atoms with E-state index in [1.165, 1.54) is 6.20 Å². The van der Waals surface area contributed by atoms with Crippen molar-refractivity contribution in [3.63, 3.8) is 0 Å². The molecule has 0 saturated heterocycles. The van der Waals surface area contributed by atoms with Gasteiger partial charge in [-0.15, -0.1) is 0 Å². The standard InChI is InChI=1S/C23H23N3O3/c1-4-29-23(28)17-5-8-19(9-6-17)26-22(27)18-7-10-21(24-14-18)25-20-12-15(2)11-16(3)13-20/h5-14H,4H2,1-3H3,(H,24,25)(H,26,27). The number of carbonyl (C=O) groups is 2. The SMILES string of the molecule is CCOC(=O)c1ccc(NC(=O)c2ccc(Nc3cc(C)cc(C)c3)nc2)cc1. The summed E-state index contributed by atoms with van der Waals surface area (Å²) in [7, 11) is 0. The number of pyridine rings is 1. The summed E-state index contributed by atoms with van der Waals surface area (Å²) in [5.74, 6) is -0.00820. The summed E-state index contributed by atoms with van der Waals surface area (Å²) in [4.78, 5) is 28.4. The first-order valence-corrected chi connectivity index (χ1v) is 9.34. The molecule has 2 aromatic carbocycles.